The molecule has 6 nitrogen and oxygen atoms in total. The number of piperazine rings is 1. The summed E-state index contributed by atoms with van der Waals surface area (Å²) in [4.78, 5) is 18.3. The summed E-state index contributed by atoms with van der Waals surface area (Å²) < 4.78 is 26.8. The number of aromatic nitrogens is 1. The highest BCUT2D eigenvalue weighted by atomic mass is 35.5. The van der Waals surface area contributed by atoms with E-state index in [9.17, 15) is 13.2 Å². The maximum atomic E-state index is 12.7. The van der Waals surface area contributed by atoms with E-state index >= 15 is 0 Å². The lowest BCUT2D eigenvalue weighted by Crippen LogP contribution is -2.50. The van der Waals surface area contributed by atoms with Crippen molar-refractivity contribution in [1.29, 1.82) is 0 Å². The van der Waals surface area contributed by atoms with Gasteiger partial charge in [-0.05, 0) is 25.1 Å². The molecule has 1 saturated heterocycles. The van der Waals surface area contributed by atoms with Crippen LogP contribution in [0.5, 0.6) is 0 Å². The molecule has 1 amide bonds. The van der Waals surface area contributed by atoms with Gasteiger partial charge in [0.1, 0.15) is 5.15 Å². The number of sulfonamides is 1. The van der Waals surface area contributed by atoms with Gasteiger partial charge < -0.3 is 4.90 Å². The number of carbonyl (C=O) groups excluding carboxylic acids is 1. The van der Waals surface area contributed by atoms with Crippen molar-refractivity contribution in [3.05, 3.63) is 57.8 Å². The number of benzene rings is 1. The number of carbonyl (C=O) groups is 1. The summed E-state index contributed by atoms with van der Waals surface area (Å²) in [6.45, 7) is 2.96. The third-order valence-corrected chi connectivity index (χ3v) is 6.83. The zero-order valence-corrected chi connectivity index (χ0v) is 16.4. The Balaban J connectivity index is 1.69. The Morgan fingerprint density at radius 2 is 1.69 bits per heavy atom. The standard InChI is InChI=1S/C17H17Cl2N3O3S/c1-12-2-4-14(5-3-12)26(24,25)22-8-6-21(7-9-22)17(23)13-10-15(18)16(19)20-11-13/h2-5,10-11H,6-9H2,1H3. The smallest absolute Gasteiger partial charge is 0.255 e. The van der Waals surface area contributed by atoms with E-state index in [1.807, 2.05) is 6.92 Å². The minimum Gasteiger partial charge on any atom is -0.336 e. The average molecular weight is 414 g/mol. The Morgan fingerprint density at radius 3 is 2.27 bits per heavy atom. The van der Waals surface area contributed by atoms with Crippen molar-refractivity contribution in [3.63, 3.8) is 0 Å². The second-order valence-electron chi connectivity index (χ2n) is 6.01. The molecule has 1 aromatic carbocycles. The van der Waals surface area contributed by atoms with E-state index in [0.29, 0.717) is 18.7 Å². The molecule has 0 atom stereocenters. The summed E-state index contributed by atoms with van der Waals surface area (Å²) in [5, 5.41) is 0.343. The quantitative estimate of drug-likeness (QED) is 0.725. The number of hydrogen-bond acceptors (Lipinski definition) is 4. The highest BCUT2D eigenvalue weighted by Crippen LogP contribution is 2.22. The number of aryl methyl sites for hydroxylation is 1. The molecule has 0 bridgehead atoms. The van der Waals surface area contributed by atoms with Crippen LogP contribution in [-0.2, 0) is 10.0 Å². The summed E-state index contributed by atoms with van der Waals surface area (Å²) in [5.74, 6) is -0.247. The van der Waals surface area contributed by atoms with E-state index < -0.39 is 10.0 Å². The third kappa shape index (κ3) is 3.86. The molecule has 2 aromatic rings. The summed E-state index contributed by atoms with van der Waals surface area (Å²) >= 11 is 11.7. The van der Waals surface area contributed by atoms with Gasteiger partial charge >= 0.3 is 0 Å². The molecule has 0 N–H and O–H groups in total. The predicted octanol–water partition coefficient (Wildman–Crippen LogP) is 2.84. The van der Waals surface area contributed by atoms with Crippen LogP contribution in [0.3, 0.4) is 0 Å². The van der Waals surface area contributed by atoms with Gasteiger partial charge in [0, 0.05) is 32.4 Å². The highest BCUT2D eigenvalue weighted by molar-refractivity contribution is 7.89. The van der Waals surface area contributed by atoms with E-state index in [1.54, 1.807) is 29.2 Å². The van der Waals surface area contributed by atoms with Crippen LogP contribution in [0.4, 0.5) is 0 Å². The summed E-state index contributed by atoms with van der Waals surface area (Å²) in [6.07, 6.45) is 1.37. The highest BCUT2D eigenvalue weighted by Gasteiger charge is 2.30. The molecule has 3 rings (SSSR count). The molecule has 26 heavy (non-hydrogen) atoms. The first-order chi connectivity index (χ1) is 12.3. The Kier molecular flexibility index (Phi) is 5.53. The summed E-state index contributed by atoms with van der Waals surface area (Å²) in [5.41, 5.74) is 1.32. The molecule has 0 radical (unpaired) electrons. The number of pyridine rings is 1. The fourth-order valence-corrected chi connectivity index (χ4v) is 4.40. The summed E-state index contributed by atoms with van der Waals surface area (Å²) in [7, 11) is -3.56. The van der Waals surface area contributed by atoms with Crippen molar-refractivity contribution in [2.45, 2.75) is 11.8 Å². The minimum absolute atomic E-state index is 0.136. The molecule has 0 spiro atoms. The summed E-state index contributed by atoms with van der Waals surface area (Å²) in [6, 6.07) is 8.20. The van der Waals surface area contributed by atoms with Crippen molar-refractivity contribution in [2.24, 2.45) is 0 Å². The van der Waals surface area contributed by atoms with E-state index in [1.165, 1.54) is 16.6 Å². The molecule has 1 fully saturated rings. The Morgan fingerprint density at radius 1 is 1.08 bits per heavy atom. The van der Waals surface area contributed by atoms with Crippen LogP contribution in [-0.4, -0.2) is 54.7 Å². The number of amides is 1. The van der Waals surface area contributed by atoms with Crippen LogP contribution < -0.4 is 0 Å². The van der Waals surface area contributed by atoms with Crippen LogP contribution in [0, 0.1) is 6.92 Å². The second kappa shape index (κ2) is 7.52. The van der Waals surface area contributed by atoms with Crippen LogP contribution in [0.1, 0.15) is 15.9 Å². The zero-order chi connectivity index (χ0) is 18.9. The van der Waals surface area contributed by atoms with E-state index in [0.717, 1.165) is 5.56 Å². The van der Waals surface area contributed by atoms with Gasteiger partial charge in [-0.15, -0.1) is 0 Å². The van der Waals surface area contributed by atoms with Crippen LogP contribution in [0.2, 0.25) is 10.2 Å². The van der Waals surface area contributed by atoms with Gasteiger partial charge in [-0.3, -0.25) is 4.79 Å². The van der Waals surface area contributed by atoms with Crippen molar-refractivity contribution >= 4 is 39.1 Å². The van der Waals surface area contributed by atoms with Crippen molar-refractivity contribution in [2.75, 3.05) is 26.2 Å². The molecule has 9 heteroatoms. The van der Waals surface area contributed by atoms with Gasteiger partial charge in [0.05, 0.1) is 15.5 Å². The maximum absolute atomic E-state index is 12.7. The lowest BCUT2D eigenvalue weighted by Gasteiger charge is -2.34. The molecular formula is C17H17Cl2N3O3S. The van der Waals surface area contributed by atoms with Gasteiger partial charge in [0.25, 0.3) is 5.91 Å². The number of hydrogen-bond donors (Lipinski definition) is 0. The number of halogens is 2. The molecule has 2 heterocycles. The van der Waals surface area contributed by atoms with E-state index in [2.05, 4.69) is 4.98 Å². The molecular weight excluding hydrogens is 397 g/mol. The van der Waals surface area contributed by atoms with Gasteiger partial charge in [0.2, 0.25) is 10.0 Å². The lowest BCUT2D eigenvalue weighted by molar-refractivity contribution is 0.0697. The zero-order valence-electron chi connectivity index (χ0n) is 14.0. The van der Waals surface area contributed by atoms with Crippen LogP contribution in [0.25, 0.3) is 0 Å². The first kappa shape index (κ1) is 19.1. The molecule has 0 aliphatic carbocycles. The molecule has 0 saturated carbocycles. The minimum atomic E-state index is -3.56. The molecule has 1 aromatic heterocycles. The normalized spacial score (nSPS) is 15.9. The van der Waals surface area contributed by atoms with Gasteiger partial charge in [-0.2, -0.15) is 4.31 Å². The van der Waals surface area contributed by atoms with Crippen molar-refractivity contribution in [1.82, 2.24) is 14.2 Å². The Hall–Kier alpha value is -1.67. The predicted molar refractivity (Wildman–Crippen MR) is 100 cm³/mol. The Bertz CT molecular complexity index is 925. The topological polar surface area (TPSA) is 70.6 Å². The van der Waals surface area contributed by atoms with Gasteiger partial charge in [-0.25, -0.2) is 13.4 Å². The maximum Gasteiger partial charge on any atom is 0.255 e. The first-order valence-corrected chi connectivity index (χ1v) is 10.2. The number of nitrogens with zero attached hydrogens (tertiary/aromatic N) is 3. The van der Waals surface area contributed by atoms with Crippen LogP contribution in [0.15, 0.2) is 41.4 Å². The third-order valence-electron chi connectivity index (χ3n) is 4.23. The second-order valence-corrected chi connectivity index (χ2v) is 8.71. The fraction of sp³-hybridized carbons (Fsp3) is 0.294. The molecule has 1 aliphatic rings. The monoisotopic (exact) mass is 413 g/mol. The van der Waals surface area contributed by atoms with Gasteiger partial charge in [0.15, 0.2) is 0 Å². The average Bonchev–Trinajstić information content (AvgIpc) is 2.64. The molecule has 1 aliphatic heterocycles. The number of rotatable bonds is 3. The van der Waals surface area contributed by atoms with Crippen molar-refractivity contribution < 1.29 is 13.2 Å². The fourth-order valence-electron chi connectivity index (χ4n) is 2.71. The van der Waals surface area contributed by atoms with Crippen molar-refractivity contribution in [3.8, 4) is 0 Å². The van der Waals surface area contributed by atoms with Crippen LogP contribution >= 0.6 is 23.2 Å². The van der Waals surface area contributed by atoms with E-state index in [4.69, 9.17) is 23.2 Å². The largest absolute Gasteiger partial charge is 0.336 e. The molecule has 138 valence electrons. The first-order valence-electron chi connectivity index (χ1n) is 7.96. The molecule has 0 unspecified atom stereocenters. The SMILES string of the molecule is Cc1ccc(S(=O)(=O)N2CCN(C(=O)c3cnc(Cl)c(Cl)c3)CC2)cc1. The van der Waals surface area contributed by atoms with Gasteiger partial charge in [-0.1, -0.05) is 40.9 Å². The lowest BCUT2D eigenvalue weighted by atomic mass is 10.2. The Labute approximate surface area is 162 Å². The van der Waals surface area contributed by atoms with E-state index in [-0.39, 0.29) is 34.1 Å².